The smallest absolute Gasteiger partial charge is 0.185 e. The highest BCUT2D eigenvalue weighted by Gasteiger charge is 2.38. The van der Waals surface area contributed by atoms with Gasteiger partial charge in [0.05, 0.1) is 11.8 Å². The molecule has 2 aromatic rings. The van der Waals surface area contributed by atoms with Crippen LogP contribution in [0.25, 0.3) is 0 Å². The molecule has 2 atom stereocenters. The maximum absolute atomic E-state index is 5.98. The van der Waals surface area contributed by atoms with Crippen LogP contribution in [0.15, 0.2) is 58.1 Å². The number of hydrogen-bond acceptors (Lipinski definition) is 3. The first-order valence-electron chi connectivity index (χ1n) is 7.10. The Bertz CT molecular complexity index is 714. The highest BCUT2D eigenvalue weighted by atomic mass is 79.9. The lowest BCUT2D eigenvalue weighted by molar-refractivity contribution is -0.00339. The Kier molecular flexibility index (Phi) is 3.00. The molecule has 0 saturated carbocycles. The summed E-state index contributed by atoms with van der Waals surface area (Å²) in [6.07, 6.45) is 0.881. The zero-order chi connectivity index (χ0) is 14.4. The molecule has 0 unspecified atom stereocenters. The van der Waals surface area contributed by atoms with E-state index in [4.69, 9.17) is 9.84 Å². The third-order valence-electron chi connectivity index (χ3n) is 4.05. The van der Waals surface area contributed by atoms with Gasteiger partial charge in [0, 0.05) is 16.5 Å². The second-order valence-electron chi connectivity index (χ2n) is 5.41. The van der Waals surface area contributed by atoms with E-state index >= 15 is 0 Å². The summed E-state index contributed by atoms with van der Waals surface area (Å²) in [6, 6.07) is 16.8. The van der Waals surface area contributed by atoms with Crippen molar-refractivity contribution in [2.45, 2.75) is 25.6 Å². The molecule has 106 valence electrons. The average Bonchev–Trinajstić information content (AvgIpc) is 2.95. The molecule has 21 heavy (non-hydrogen) atoms. The van der Waals surface area contributed by atoms with E-state index in [-0.39, 0.29) is 12.3 Å². The number of fused-ring (bicyclic) bond motifs is 3. The molecular weight excluding hydrogens is 328 g/mol. The van der Waals surface area contributed by atoms with E-state index in [1.54, 1.807) is 0 Å². The Labute approximate surface area is 132 Å². The summed E-state index contributed by atoms with van der Waals surface area (Å²) in [5, 5.41) is 6.88. The lowest BCUT2D eigenvalue weighted by Crippen LogP contribution is -2.37. The van der Waals surface area contributed by atoms with E-state index in [0.717, 1.165) is 22.4 Å². The molecule has 2 heterocycles. The zero-order valence-electron chi connectivity index (χ0n) is 11.7. The lowest BCUT2D eigenvalue weighted by atomic mass is 9.97. The summed E-state index contributed by atoms with van der Waals surface area (Å²) >= 11 is 3.55. The van der Waals surface area contributed by atoms with Gasteiger partial charge in [-0.15, -0.1) is 0 Å². The number of hydrogen-bond donors (Lipinski definition) is 0. The van der Waals surface area contributed by atoms with Crippen LogP contribution in [0, 0.1) is 0 Å². The Morgan fingerprint density at radius 3 is 2.81 bits per heavy atom. The molecule has 0 radical (unpaired) electrons. The second-order valence-corrected chi connectivity index (χ2v) is 6.33. The van der Waals surface area contributed by atoms with Crippen LogP contribution in [-0.2, 0) is 0 Å². The predicted molar refractivity (Wildman–Crippen MR) is 86.4 cm³/mol. The third-order valence-corrected chi connectivity index (χ3v) is 4.54. The first-order valence-corrected chi connectivity index (χ1v) is 7.89. The number of rotatable bonds is 1. The standard InChI is InChI=1S/C17H15BrN2O/c1-11-20-16(14-9-13(18)7-8-17(14)21-11)10-15(19-20)12-5-3-2-4-6-12/h2-9,11,16H,10H2,1H3/t11-,16-/m1/s1. The number of hydrazone groups is 1. The SMILES string of the molecule is C[C@H]1Oc2ccc(Br)cc2[C@H]2CC(c3ccccc3)=NN21. The third kappa shape index (κ3) is 2.14. The van der Waals surface area contributed by atoms with Gasteiger partial charge in [0.1, 0.15) is 5.75 Å². The van der Waals surface area contributed by atoms with Crippen LogP contribution in [0.2, 0.25) is 0 Å². The predicted octanol–water partition coefficient (Wildman–Crippen LogP) is 4.34. The Morgan fingerprint density at radius 2 is 2.00 bits per heavy atom. The molecule has 0 aromatic heterocycles. The fraction of sp³-hybridized carbons (Fsp3) is 0.235. The molecule has 4 heteroatoms. The summed E-state index contributed by atoms with van der Waals surface area (Å²) in [7, 11) is 0. The van der Waals surface area contributed by atoms with Gasteiger partial charge in [0.25, 0.3) is 0 Å². The van der Waals surface area contributed by atoms with Crippen molar-refractivity contribution in [3.05, 3.63) is 64.1 Å². The number of nitrogens with zero attached hydrogens (tertiary/aromatic N) is 2. The normalized spacial score (nSPS) is 23.1. The van der Waals surface area contributed by atoms with Crippen molar-refractivity contribution in [2.24, 2.45) is 5.10 Å². The van der Waals surface area contributed by atoms with Crippen LogP contribution < -0.4 is 4.74 Å². The van der Waals surface area contributed by atoms with Gasteiger partial charge >= 0.3 is 0 Å². The van der Waals surface area contributed by atoms with E-state index < -0.39 is 0 Å². The molecular formula is C17H15BrN2O. The highest BCUT2D eigenvalue weighted by Crippen LogP contribution is 2.43. The Hall–Kier alpha value is -1.81. The van der Waals surface area contributed by atoms with Crippen molar-refractivity contribution in [1.29, 1.82) is 0 Å². The largest absolute Gasteiger partial charge is 0.469 e. The molecule has 0 N–H and O–H groups in total. The van der Waals surface area contributed by atoms with Crippen LogP contribution in [0.5, 0.6) is 5.75 Å². The van der Waals surface area contributed by atoms with Crippen LogP contribution in [0.4, 0.5) is 0 Å². The van der Waals surface area contributed by atoms with Gasteiger partial charge in [-0.1, -0.05) is 46.3 Å². The summed E-state index contributed by atoms with van der Waals surface area (Å²) in [5.74, 6) is 0.969. The summed E-state index contributed by atoms with van der Waals surface area (Å²) in [6.45, 7) is 2.05. The first-order chi connectivity index (χ1) is 10.2. The maximum Gasteiger partial charge on any atom is 0.185 e. The van der Waals surface area contributed by atoms with Crippen molar-refractivity contribution in [3.63, 3.8) is 0 Å². The minimum absolute atomic E-state index is 0.0371. The molecule has 0 spiro atoms. The highest BCUT2D eigenvalue weighted by molar-refractivity contribution is 9.10. The fourth-order valence-corrected chi connectivity index (χ4v) is 3.42. The van der Waals surface area contributed by atoms with Crippen LogP contribution in [0.3, 0.4) is 0 Å². The van der Waals surface area contributed by atoms with Crippen molar-refractivity contribution < 1.29 is 4.74 Å². The quantitative estimate of drug-likeness (QED) is 0.770. The van der Waals surface area contributed by atoms with Crippen molar-refractivity contribution in [1.82, 2.24) is 5.01 Å². The van der Waals surface area contributed by atoms with Gasteiger partial charge in [-0.05, 0) is 30.7 Å². The molecule has 2 aliphatic rings. The summed E-state index contributed by atoms with van der Waals surface area (Å²) < 4.78 is 7.06. The van der Waals surface area contributed by atoms with Gasteiger partial charge in [-0.3, -0.25) is 5.01 Å². The van der Waals surface area contributed by atoms with Crippen LogP contribution in [-0.4, -0.2) is 16.9 Å². The van der Waals surface area contributed by atoms with Gasteiger partial charge in [-0.25, -0.2) is 0 Å². The van der Waals surface area contributed by atoms with Gasteiger partial charge in [-0.2, -0.15) is 5.10 Å². The van der Waals surface area contributed by atoms with E-state index in [1.807, 2.05) is 18.2 Å². The minimum atomic E-state index is -0.0371. The number of ether oxygens (including phenoxy) is 1. The summed E-state index contributed by atoms with van der Waals surface area (Å²) in [4.78, 5) is 0. The number of benzene rings is 2. The molecule has 2 aromatic carbocycles. The Balaban J connectivity index is 1.74. The summed E-state index contributed by atoms with van der Waals surface area (Å²) in [5.41, 5.74) is 3.52. The van der Waals surface area contributed by atoms with Gasteiger partial charge < -0.3 is 4.74 Å². The average molecular weight is 343 g/mol. The van der Waals surface area contributed by atoms with Crippen LogP contribution in [0.1, 0.15) is 30.5 Å². The Morgan fingerprint density at radius 1 is 1.19 bits per heavy atom. The molecule has 0 fully saturated rings. The molecule has 4 rings (SSSR count). The minimum Gasteiger partial charge on any atom is -0.469 e. The molecule has 0 amide bonds. The van der Waals surface area contributed by atoms with Crippen molar-refractivity contribution in [2.75, 3.05) is 0 Å². The van der Waals surface area contributed by atoms with Gasteiger partial charge in [0.15, 0.2) is 6.23 Å². The maximum atomic E-state index is 5.98. The zero-order valence-corrected chi connectivity index (χ0v) is 13.2. The van der Waals surface area contributed by atoms with E-state index in [0.29, 0.717) is 0 Å². The van der Waals surface area contributed by atoms with E-state index in [2.05, 4.69) is 58.2 Å². The monoisotopic (exact) mass is 342 g/mol. The molecule has 2 aliphatic heterocycles. The number of halogens is 1. The topological polar surface area (TPSA) is 24.8 Å². The molecule has 3 nitrogen and oxygen atoms in total. The fourth-order valence-electron chi connectivity index (χ4n) is 3.04. The van der Waals surface area contributed by atoms with Crippen molar-refractivity contribution >= 4 is 21.6 Å². The molecule has 0 saturated heterocycles. The van der Waals surface area contributed by atoms with Gasteiger partial charge in [0.2, 0.25) is 0 Å². The first kappa shape index (κ1) is 12.9. The van der Waals surface area contributed by atoms with Crippen molar-refractivity contribution in [3.8, 4) is 5.75 Å². The van der Waals surface area contributed by atoms with Crippen LogP contribution >= 0.6 is 15.9 Å². The van der Waals surface area contributed by atoms with E-state index in [9.17, 15) is 0 Å². The lowest BCUT2D eigenvalue weighted by Gasteiger charge is -2.36. The van der Waals surface area contributed by atoms with E-state index in [1.165, 1.54) is 11.1 Å². The molecule has 0 bridgehead atoms. The molecule has 0 aliphatic carbocycles. The second kappa shape index (κ2) is 4.88.